The second-order valence-corrected chi connectivity index (χ2v) is 35.7. The molecule has 33 heteroatoms. The number of aliphatic hydroxyl groups is 1. The maximum atomic E-state index is 12.2. The number of rotatable bonds is 11. The molecule has 0 radical (unpaired) electrons. The Morgan fingerprint density at radius 1 is 0.518 bits per heavy atom. The van der Waals surface area contributed by atoms with Crippen molar-refractivity contribution in [1.82, 2.24) is 69.4 Å². The van der Waals surface area contributed by atoms with Gasteiger partial charge in [0.1, 0.15) is 0 Å². The molecule has 0 aliphatic carbocycles. The zero-order valence-corrected chi connectivity index (χ0v) is 67.9. The Balaban J connectivity index is 0.000000116. The van der Waals surface area contributed by atoms with E-state index >= 15 is 0 Å². The molecule has 11 aromatic rings. The lowest BCUT2D eigenvalue weighted by Crippen LogP contribution is -2.53. The van der Waals surface area contributed by atoms with Crippen molar-refractivity contribution < 1.29 is 41.0 Å². The molecule has 7 aliphatic heterocycles. The van der Waals surface area contributed by atoms with Crippen molar-refractivity contribution >= 4 is 150 Å². The van der Waals surface area contributed by atoms with Gasteiger partial charge < -0.3 is 48.9 Å². The molecular formula is C79H98Cl3N19O9S2. The van der Waals surface area contributed by atoms with E-state index in [1.54, 1.807) is 13.5 Å². The number of nitrogens with one attached hydrogen (secondary N) is 5. The number of aromatic amines is 5. The smallest absolute Gasteiger partial charge is 0.230 e. The highest BCUT2D eigenvalue weighted by Gasteiger charge is 2.37. The van der Waals surface area contributed by atoms with Gasteiger partial charge in [0.15, 0.2) is 0 Å². The fourth-order valence-corrected chi connectivity index (χ4v) is 18.8. The average molecular weight is 1630 g/mol. The fraction of sp³-hybridized carbons (Fsp3) is 0.456. The molecule has 0 bridgehead atoms. The standard InChI is InChI=1S/C18H18ClN3O.C17H24N4O3S.C15H17ClN4O2.C15H19ClN4O.C14H20N4O2S/c19-14-10-16-15(12-20-21-16)17(11-14)22-8-6-18(23,7-9-22)13-4-2-1-3-5-13;1-25(22,23)21-4-2-13(3-5-21)15-10-14(20-6-8-24-9-7-20)11-17-16(15)12-18-19-17;16-11-5-13-12(7-17-18-13)14(6-11)19-1-3-20(4-2-19)15(21)10-8-22-9-10;1-19(2)15(21)10-4-3-5-20(9-10)14-7-11(16)6-13-12(14)8-17-18-13;1-10-6-13-12(8-15-16-13)14(7-10)18-5-4-17(9-11(18)2)21(3,19)20/h1-5,10-12,23H,6-9H2,(H,20,21);10-13H,2-9H2,1H3,(H,18,19);5-7,10H,1-4,8-9H2,(H,17,18);6-8,10H,3-5,9H2,1-2H3,(H,17,18);6-8,11H,4-5,9H2,1-3H3,(H,15,16)/t;;;;11-/m....1/s1. The van der Waals surface area contributed by atoms with E-state index in [1.807, 2.05) is 117 Å². The summed E-state index contributed by atoms with van der Waals surface area (Å²) in [7, 11) is -2.58. The first-order valence-electron chi connectivity index (χ1n) is 38.2. The summed E-state index contributed by atoms with van der Waals surface area (Å²) in [5, 5.41) is 54.1. The van der Waals surface area contributed by atoms with Gasteiger partial charge in [-0.1, -0.05) is 65.1 Å². The lowest BCUT2D eigenvalue weighted by molar-refractivity contribution is -0.150. The van der Waals surface area contributed by atoms with Gasteiger partial charge in [-0.25, -0.2) is 21.1 Å². The third-order valence-corrected chi connectivity index (χ3v) is 25.8. The van der Waals surface area contributed by atoms with Crippen molar-refractivity contribution in [3.8, 4) is 0 Å². The predicted molar refractivity (Wildman–Crippen MR) is 443 cm³/mol. The molecule has 2 atom stereocenters. The minimum absolute atomic E-state index is 0.0506. The number of amides is 2. The van der Waals surface area contributed by atoms with Gasteiger partial charge in [0, 0.05) is 189 Å². The topological polar surface area (TPSA) is 314 Å². The van der Waals surface area contributed by atoms with Gasteiger partial charge in [0.05, 0.1) is 115 Å². The number of fused-ring (bicyclic) bond motifs is 5. The fourth-order valence-electron chi connectivity index (χ4n) is 16.4. The van der Waals surface area contributed by atoms with Crippen molar-refractivity contribution in [2.45, 2.75) is 69.9 Å². The Bertz CT molecular complexity index is 5340. The number of anilines is 5. The first kappa shape index (κ1) is 79.8. The second-order valence-electron chi connectivity index (χ2n) is 30.4. The predicted octanol–water partition coefficient (Wildman–Crippen LogP) is 10.6. The van der Waals surface area contributed by atoms with Gasteiger partial charge in [-0.15, -0.1) is 0 Å². The number of carbonyl (C=O) groups excluding carboxylic acids is 2. The molecule has 6 N–H and O–H groups in total. The Labute approximate surface area is 667 Å². The molecular weight excluding hydrogens is 1530 g/mol. The highest BCUT2D eigenvalue weighted by atomic mass is 35.5. The summed E-state index contributed by atoms with van der Waals surface area (Å²) >= 11 is 18.6. The number of hydrogen-bond donors (Lipinski definition) is 6. The number of piperazine rings is 2. The normalized spacial score (nSPS) is 19.7. The zero-order valence-electron chi connectivity index (χ0n) is 64.0. The number of morpholine rings is 1. The van der Waals surface area contributed by atoms with Crippen LogP contribution in [0.1, 0.15) is 68.1 Å². The molecule has 7 aliphatic rings. The summed E-state index contributed by atoms with van der Waals surface area (Å²) in [5.41, 5.74) is 13.1. The van der Waals surface area contributed by atoms with Crippen LogP contribution in [0.25, 0.3) is 54.5 Å². The Morgan fingerprint density at radius 3 is 1.53 bits per heavy atom. The summed E-state index contributed by atoms with van der Waals surface area (Å²) in [6.45, 7) is 17.8. The Kier molecular flexibility index (Phi) is 24.6. The SMILES string of the molecule is CN(C)C(=O)C1CCCN(c2cc(Cl)cc3[nH]ncc23)C1.CS(=O)(=O)N1CCC(c2cc(N3CCOCC3)cc3[nH]ncc23)CC1.Cc1cc(N2CCN(S(C)(=O)=O)C[C@H]2C)c2cn[nH]c2c1.O=C(C1COC1)N1CCN(c2cc(Cl)cc3[nH]ncc23)CC1.OC1(c2ccccc2)CCN(c2cc(Cl)cc3[nH]ncc23)CC1. The van der Waals surface area contributed by atoms with Crippen LogP contribution in [0.4, 0.5) is 28.4 Å². The average Bonchev–Trinajstić information content (AvgIpc) is 1.63. The van der Waals surface area contributed by atoms with Crippen molar-refractivity contribution in [2.75, 3.05) is 176 Å². The van der Waals surface area contributed by atoms with E-state index in [-0.39, 0.29) is 29.7 Å². The molecule has 2 amide bonds. The van der Waals surface area contributed by atoms with Gasteiger partial charge in [-0.2, -0.15) is 29.8 Å². The molecule has 18 rings (SSSR count). The summed E-state index contributed by atoms with van der Waals surface area (Å²) in [6, 6.07) is 30.3. The first-order chi connectivity index (χ1) is 53.8. The lowest BCUT2D eigenvalue weighted by atomic mass is 9.84. The van der Waals surface area contributed by atoms with Crippen LogP contribution in [0, 0.1) is 18.8 Å². The number of benzene rings is 6. The van der Waals surface area contributed by atoms with Crippen molar-refractivity contribution in [3.05, 3.63) is 154 Å². The van der Waals surface area contributed by atoms with Crippen LogP contribution in [-0.4, -0.2) is 260 Å². The summed E-state index contributed by atoms with van der Waals surface area (Å²) < 4.78 is 60.6. The molecule has 0 saturated carbocycles. The van der Waals surface area contributed by atoms with Gasteiger partial charge in [0.2, 0.25) is 31.9 Å². The number of carbonyl (C=O) groups is 2. The van der Waals surface area contributed by atoms with Crippen LogP contribution in [0.3, 0.4) is 0 Å². The van der Waals surface area contributed by atoms with Crippen LogP contribution >= 0.6 is 34.8 Å². The first-order valence-corrected chi connectivity index (χ1v) is 43.0. The maximum Gasteiger partial charge on any atom is 0.230 e. The monoisotopic (exact) mass is 1630 g/mol. The number of sulfonamides is 2. The zero-order chi connectivity index (χ0) is 78.6. The van der Waals surface area contributed by atoms with E-state index in [1.165, 1.54) is 29.3 Å². The number of nitrogens with zero attached hydrogens (tertiary/aromatic N) is 14. The summed E-state index contributed by atoms with van der Waals surface area (Å²) in [4.78, 5) is 39.5. The summed E-state index contributed by atoms with van der Waals surface area (Å²) in [5.74, 6) is 0.905. The number of aryl methyl sites for hydroxylation is 1. The number of H-pyrrole nitrogens is 5. The highest BCUT2D eigenvalue weighted by Crippen LogP contribution is 2.41. The third-order valence-electron chi connectivity index (χ3n) is 22.6. The maximum absolute atomic E-state index is 12.2. The van der Waals surface area contributed by atoms with E-state index in [0.29, 0.717) is 79.8 Å². The second kappa shape index (κ2) is 34.5. The van der Waals surface area contributed by atoms with E-state index in [4.69, 9.17) is 44.3 Å². The van der Waals surface area contributed by atoms with Gasteiger partial charge in [-0.3, -0.25) is 35.1 Å². The number of aromatic nitrogens is 10. The van der Waals surface area contributed by atoms with E-state index in [0.717, 1.165) is 187 Å². The lowest BCUT2D eigenvalue weighted by Gasteiger charge is -2.40. The van der Waals surface area contributed by atoms with Gasteiger partial charge >= 0.3 is 0 Å². The molecule has 596 valence electrons. The minimum Gasteiger partial charge on any atom is -0.385 e. The minimum atomic E-state index is -3.12. The van der Waals surface area contributed by atoms with Crippen LogP contribution in [0.2, 0.25) is 15.1 Å². The highest BCUT2D eigenvalue weighted by molar-refractivity contribution is 7.88. The summed E-state index contributed by atoms with van der Waals surface area (Å²) in [6.07, 6.45) is 16.8. The quantitative estimate of drug-likeness (QED) is 0.0701. The van der Waals surface area contributed by atoms with Crippen LogP contribution < -0.4 is 24.5 Å². The number of piperidine rings is 3. The molecule has 1 unspecified atom stereocenters. The van der Waals surface area contributed by atoms with Crippen molar-refractivity contribution in [3.63, 3.8) is 0 Å². The van der Waals surface area contributed by atoms with E-state index in [2.05, 4.69) is 114 Å². The Morgan fingerprint density at radius 2 is 1.02 bits per heavy atom. The van der Waals surface area contributed by atoms with Gasteiger partial charge in [-0.05, 0) is 136 Å². The van der Waals surface area contributed by atoms with E-state index < -0.39 is 25.6 Å². The van der Waals surface area contributed by atoms with Crippen LogP contribution in [-0.2, 0) is 44.7 Å². The molecule has 0 spiro atoms. The molecule has 28 nitrogen and oxygen atoms in total. The molecule has 112 heavy (non-hydrogen) atoms. The van der Waals surface area contributed by atoms with Crippen LogP contribution in [0.5, 0.6) is 0 Å². The largest absolute Gasteiger partial charge is 0.385 e. The van der Waals surface area contributed by atoms with Gasteiger partial charge in [0.25, 0.3) is 0 Å². The molecule has 12 heterocycles. The molecule has 6 aromatic carbocycles. The number of ether oxygens (including phenoxy) is 2. The van der Waals surface area contributed by atoms with Crippen LogP contribution in [0.15, 0.2) is 122 Å². The van der Waals surface area contributed by atoms with Crippen molar-refractivity contribution in [1.29, 1.82) is 0 Å². The third kappa shape index (κ3) is 18.2. The Hall–Kier alpha value is -8.82. The number of hydrogen-bond acceptors (Lipinski definition) is 19. The number of halogens is 3. The molecule has 7 saturated heterocycles. The molecule has 7 fully saturated rings. The molecule has 5 aromatic heterocycles. The van der Waals surface area contributed by atoms with E-state index in [9.17, 15) is 31.5 Å². The van der Waals surface area contributed by atoms with Crippen molar-refractivity contribution in [2.24, 2.45) is 11.8 Å².